The van der Waals surface area contributed by atoms with Crippen LogP contribution in [0.2, 0.25) is 0 Å². The normalized spacial score (nSPS) is 12.9. The molecule has 0 N–H and O–H groups in total. The second kappa shape index (κ2) is 9.99. The Bertz CT molecular complexity index is 1220. The highest BCUT2D eigenvalue weighted by molar-refractivity contribution is 8.00. The number of thioether (sulfide) groups is 2. The summed E-state index contributed by atoms with van der Waals surface area (Å²) in [7, 11) is 0. The van der Waals surface area contributed by atoms with Gasteiger partial charge in [-0.1, -0.05) is 80.7 Å². The van der Waals surface area contributed by atoms with Gasteiger partial charge in [0.15, 0.2) is 15.3 Å². The molecule has 0 saturated heterocycles. The van der Waals surface area contributed by atoms with Crippen LogP contribution in [-0.4, -0.2) is 30.8 Å². The number of aromatic nitrogens is 4. The fraction of sp³-hybridized carbons (Fsp3) is 0.360. The zero-order valence-corrected chi connectivity index (χ0v) is 22.0. The molecule has 4 aromatic rings. The van der Waals surface area contributed by atoms with Gasteiger partial charge in [-0.25, -0.2) is 4.98 Å². The minimum absolute atomic E-state index is 0.0687. The number of carbonyl (C=O) groups is 1. The van der Waals surface area contributed by atoms with Crippen molar-refractivity contribution in [2.24, 2.45) is 0 Å². The van der Waals surface area contributed by atoms with Crippen LogP contribution in [0.1, 0.15) is 56.4 Å². The van der Waals surface area contributed by atoms with E-state index < -0.39 is 0 Å². The predicted octanol–water partition coefficient (Wildman–Crippen LogP) is 6.86. The fourth-order valence-electron chi connectivity index (χ4n) is 3.45. The van der Waals surface area contributed by atoms with Gasteiger partial charge in [0.1, 0.15) is 5.82 Å². The van der Waals surface area contributed by atoms with Crippen LogP contribution in [0.25, 0.3) is 10.2 Å². The summed E-state index contributed by atoms with van der Waals surface area (Å²) in [6, 6.07) is 16.1. The van der Waals surface area contributed by atoms with Crippen molar-refractivity contribution in [3.05, 3.63) is 65.5 Å². The van der Waals surface area contributed by atoms with Crippen LogP contribution in [0.15, 0.2) is 58.0 Å². The monoisotopic (exact) mass is 496 g/mol. The lowest BCUT2D eigenvalue weighted by molar-refractivity contribution is 0.0993. The molecule has 8 heteroatoms. The SMILES string of the molecule is CCn1c(CSc2nc3ccccc3s2)nnc1S[C@H](C)C(=O)c1ccc(C(C)(C)C)cc1. The number of carbonyl (C=O) groups excluding carboxylic acids is 1. The second-order valence-electron chi connectivity index (χ2n) is 8.83. The van der Waals surface area contributed by atoms with Crippen molar-refractivity contribution in [2.75, 3.05) is 0 Å². The van der Waals surface area contributed by atoms with Gasteiger partial charge in [-0.2, -0.15) is 0 Å². The number of nitrogens with zero attached hydrogens (tertiary/aromatic N) is 4. The number of fused-ring (bicyclic) bond motifs is 1. The molecule has 0 aliphatic carbocycles. The van der Waals surface area contributed by atoms with Crippen molar-refractivity contribution in [1.29, 1.82) is 0 Å². The maximum atomic E-state index is 13.0. The number of ketones is 1. The van der Waals surface area contributed by atoms with Gasteiger partial charge in [-0.3, -0.25) is 4.79 Å². The van der Waals surface area contributed by atoms with Gasteiger partial charge >= 0.3 is 0 Å². The van der Waals surface area contributed by atoms with Gasteiger partial charge < -0.3 is 4.57 Å². The Morgan fingerprint density at radius 2 is 1.82 bits per heavy atom. The highest BCUT2D eigenvalue weighted by Crippen LogP contribution is 2.32. The smallest absolute Gasteiger partial charge is 0.191 e. The molecular formula is C25H28N4OS3. The van der Waals surface area contributed by atoms with E-state index >= 15 is 0 Å². The van der Waals surface area contributed by atoms with Crippen LogP contribution in [0, 0.1) is 0 Å². The maximum absolute atomic E-state index is 13.0. The first-order chi connectivity index (χ1) is 15.8. The molecule has 0 saturated carbocycles. The van der Waals surface area contributed by atoms with Crippen molar-refractivity contribution in [3.63, 3.8) is 0 Å². The number of Topliss-reactive ketones (excluding diaryl/α,β-unsaturated/α-hetero) is 1. The predicted molar refractivity (Wildman–Crippen MR) is 140 cm³/mol. The Morgan fingerprint density at radius 1 is 1.09 bits per heavy atom. The maximum Gasteiger partial charge on any atom is 0.191 e. The summed E-state index contributed by atoms with van der Waals surface area (Å²) in [4.78, 5) is 17.7. The highest BCUT2D eigenvalue weighted by Gasteiger charge is 2.22. The van der Waals surface area contributed by atoms with Crippen LogP contribution in [0.3, 0.4) is 0 Å². The van der Waals surface area contributed by atoms with Crippen LogP contribution in [-0.2, 0) is 17.7 Å². The van der Waals surface area contributed by atoms with Crippen LogP contribution in [0.5, 0.6) is 0 Å². The fourth-order valence-corrected chi connectivity index (χ4v) is 6.47. The van der Waals surface area contributed by atoms with E-state index in [1.807, 2.05) is 37.3 Å². The number of para-hydroxylation sites is 1. The third-order valence-electron chi connectivity index (χ3n) is 5.40. The van der Waals surface area contributed by atoms with Gasteiger partial charge in [-0.15, -0.1) is 21.5 Å². The molecule has 0 aliphatic heterocycles. The molecule has 0 fully saturated rings. The van der Waals surface area contributed by atoms with Gasteiger partial charge in [0.05, 0.1) is 21.2 Å². The van der Waals surface area contributed by atoms with Gasteiger partial charge in [-0.05, 0) is 37.0 Å². The quantitative estimate of drug-likeness (QED) is 0.196. The standard InChI is InChI=1S/C25H28N4OS3/c1-6-29-21(15-31-24-26-19-9-7-8-10-20(19)33-24)27-28-23(29)32-16(2)22(30)17-11-13-18(14-12-17)25(3,4)5/h7-14,16H,6,15H2,1-5H3/t16-/m1/s1. The Hall–Kier alpha value is -2.16. The Morgan fingerprint density at radius 3 is 2.48 bits per heavy atom. The molecule has 5 nitrogen and oxygen atoms in total. The lowest BCUT2D eigenvalue weighted by Crippen LogP contribution is -2.16. The lowest BCUT2D eigenvalue weighted by atomic mass is 9.86. The van der Waals surface area contributed by atoms with Gasteiger partial charge in [0.2, 0.25) is 0 Å². The van der Waals surface area contributed by atoms with E-state index in [2.05, 4.69) is 60.7 Å². The van der Waals surface area contributed by atoms with Crippen molar-refractivity contribution in [2.45, 2.75) is 67.1 Å². The Balaban J connectivity index is 1.43. The molecule has 0 radical (unpaired) electrons. The first-order valence-corrected chi connectivity index (χ1v) is 13.7. The molecule has 1 atom stereocenters. The van der Waals surface area contributed by atoms with E-state index in [0.29, 0.717) is 5.75 Å². The van der Waals surface area contributed by atoms with E-state index in [-0.39, 0.29) is 16.4 Å². The third kappa shape index (κ3) is 5.50. The van der Waals surface area contributed by atoms with Crippen LogP contribution >= 0.6 is 34.9 Å². The average molecular weight is 497 g/mol. The van der Waals surface area contributed by atoms with E-state index in [4.69, 9.17) is 4.98 Å². The zero-order chi connectivity index (χ0) is 23.6. The minimum atomic E-state index is -0.246. The van der Waals surface area contributed by atoms with Gasteiger partial charge in [0, 0.05) is 12.1 Å². The second-order valence-corrected chi connectivity index (χ2v) is 12.4. The summed E-state index contributed by atoms with van der Waals surface area (Å²) in [5.74, 6) is 1.70. The molecule has 2 heterocycles. The van der Waals surface area contributed by atoms with E-state index in [1.165, 1.54) is 22.0 Å². The van der Waals surface area contributed by atoms with Gasteiger partial charge in [0.25, 0.3) is 0 Å². The Kier molecular flexibility index (Phi) is 7.26. The van der Waals surface area contributed by atoms with E-state index in [9.17, 15) is 4.79 Å². The van der Waals surface area contributed by atoms with Crippen LogP contribution < -0.4 is 0 Å². The number of thiazole rings is 1. The van der Waals surface area contributed by atoms with Crippen LogP contribution in [0.4, 0.5) is 0 Å². The molecule has 2 aromatic carbocycles. The van der Waals surface area contributed by atoms with E-state index in [1.54, 1.807) is 23.1 Å². The third-order valence-corrected chi connectivity index (χ3v) is 8.65. The average Bonchev–Trinajstić information content (AvgIpc) is 3.39. The number of hydrogen-bond donors (Lipinski definition) is 0. The van der Waals surface area contributed by atoms with E-state index in [0.717, 1.165) is 32.9 Å². The van der Waals surface area contributed by atoms with Crippen molar-refractivity contribution in [3.8, 4) is 0 Å². The first kappa shape index (κ1) is 24.0. The summed E-state index contributed by atoms with van der Waals surface area (Å²) >= 11 is 4.84. The number of benzene rings is 2. The van der Waals surface area contributed by atoms with Crippen molar-refractivity contribution >= 4 is 50.9 Å². The topological polar surface area (TPSA) is 60.7 Å². The molecule has 0 aliphatic rings. The summed E-state index contributed by atoms with van der Waals surface area (Å²) < 4.78 is 4.31. The first-order valence-electron chi connectivity index (χ1n) is 11.0. The number of rotatable bonds is 8. The highest BCUT2D eigenvalue weighted by atomic mass is 32.2. The summed E-state index contributed by atoms with van der Waals surface area (Å²) in [5.41, 5.74) is 3.05. The molecule has 0 amide bonds. The molecule has 4 rings (SSSR count). The molecule has 2 aromatic heterocycles. The lowest BCUT2D eigenvalue weighted by Gasteiger charge is -2.19. The molecule has 33 heavy (non-hydrogen) atoms. The molecular weight excluding hydrogens is 469 g/mol. The summed E-state index contributed by atoms with van der Waals surface area (Å²) in [5, 5.41) is 9.35. The Labute approximate surface area is 207 Å². The molecule has 172 valence electrons. The molecule has 0 bridgehead atoms. The minimum Gasteiger partial charge on any atom is -0.306 e. The zero-order valence-electron chi connectivity index (χ0n) is 19.5. The van der Waals surface area contributed by atoms with Crippen molar-refractivity contribution < 1.29 is 4.79 Å². The summed E-state index contributed by atoms with van der Waals surface area (Å²) in [6.07, 6.45) is 0. The van der Waals surface area contributed by atoms with Crippen molar-refractivity contribution in [1.82, 2.24) is 19.7 Å². The molecule has 0 unspecified atom stereocenters. The largest absolute Gasteiger partial charge is 0.306 e. The number of hydrogen-bond acceptors (Lipinski definition) is 7. The summed E-state index contributed by atoms with van der Waals surface area (Å²) in [6.45, 7) is 11.3. The molecule has 0 spiro atoms.